The van der Waals surface area contributed by atoms with Crippen LogP contribution >= 0.6 is 0 Å². The fourth-order valence-electron chi connectivity index (χ4n) is 3.06. The highest BCUT2D eigenvalue weighted by Crippen LogP contribution is 2.46. The second kappa shape index (κ2) is 3.69. The maximum atomic E-state index is 13.8. The molecule has 1 aromatic rings. The number of carbonyl (C=O) groups is 1. The SMILES string of the molecule is O=C1C=C(c2ccc(O)cc2F)C2CCCC12. The van der Waals surface area contributed by atoms with Gasteiger partial charge < -0.3 is 5.11 Å². The molecule has 2 aliphatic rings. The molecule has 0 spiro atoms. The number of benzene rings is 1. The van der Waals surface area contributed by atoms with Gasteiger partial charge in [-0.05, 0) is 42.5 Å². The molecule has 1 N–H and O–H groups in total. The summed E-state index contributed by atoms with van der Waals surface area (Å²) >= 11 is 0. The van der Waals surface area contributed by atoms with Crippen molar-refractivity contribution in [3.05, 3.63) is 35.7 Å². The molecule has 1 fully saturated rings. The van der Waals surface area contributed by atoms with E-state index in [9.17, 15) is 14.3 Å². The van der Waals surface area contributed by atoms with Crippen molar-refractivity contribution in [2.45, 2.75) is 19.3 Å². The Balaban J connectivity index is 2.04. The number of halogens is 1. The first-order valence-corrected chi connectivity index (χ1v) is 5.91. The van der Waals surface area contributed by atoms with E-state index in [1.807, 2.05) is 0 Å². The van der Waals surface area contributed by atoms with E-state index in [2.05, 4.69) is 0 Å². The average molecular weight is 232 g/mol. The number of hydrogen-bond acceptors (Lipinski definition) is 2. The van der Waals surface area contributed by atoms with Crippen molar-refractivity contribution >= 4 is 11.4 Å². The molecule has 88 valence electrons. The van der Waals surface area contributed by atoms with Gasteiger partial charge in [0.2, 0.25) is 0 Å². The number of ketones is 1. The zero-order valence-corrected chi connectivity index (χ0v) is 9.32. The molecule has 0 saturated heterocycles. The lowest BCUT2D eigenvalue weighted by atomic mass is 9.90. The van der Waals surface area contributed by atoms with Crippen LogP contribution in [0.5, 0.6) is 5.75 Å². The Morgan fingerprint density at radius 2 is 2.00 bits per heavy atom. The summed E-state index contributed by atoms with van der Waals surface area (Å²) in [5, 5.41) is 9.19. The van der Waals surface area contributed by atoms with E-state index >= 15 is 0 Å². The Kier molecular flexibility index (Phi) is 2.28. The zero-order valence-electron chi connectivity index (χ0n) is 9.32. The van der Waals surface area contributed by atoms with Gasteiger partial charge in [-0.1, -0.05) is 6.42 Å². The summed E-state index contributed by atoms with van der Waals surface area (Å²) in [6.45, 7) is 0. The summed E-state index contributed by atoms with van der Waals surface area (Å²) in [4.78, 5) is 11.8. The van der Waals surface area contributed by atoms with E-state index in [0.29, 0.717) is 5.56 Å². The van der Waals surface area contributed by atoms with E-state index in [4.69, 9.17) is 0 Å². The highest BCUT2D eigenvalue weighted by Gasteiger charge is 2.40. The number of fused-ring (bicyclic) bond motifs is 1. The molecule has 2 nitrogen and oxygen atoms in total. The number of phenols is 1. The van der Waals surface area contributed by atoms with Gasteiger partial charge in [0, 0.05) is 17.5 Å². The normalized spacial score (nSPS) is 27.1. The predicted molar refractivity (Wildman–Crippen MR) is 61.9 cm³/mol. The Morgan fingerprint density at radius 1 is 1.24 bits per heavy atom. The lowest BCUT2D eigenvalue weighted by Crippen LogP contribution is -2.10. The fraction of sp³-hybridized carbons (Fsp3) is 0.357. The molecule has 0 heterocycles. The van der Waals surface area contributed by atoms with Crippen molar-refractivity contribution in [3.8, 4) is 5.75 Å². The Labute approximate surface area is 98.8 Å². The standard InChI is InChI=1S/C14H13FO2/c15-13-6-8(16)4-5-10(13)12-7-14(17)11-3-1-2-9(11)12/h4-7,9,11,16H,1-3H2. The number of rotatable bonds is 1. The Bertz CT molecular complexity index is 519. The fourth-order valence-corrected chi connectivity index (χ4v) is 3.06. The van der Waals surface area contributed by atoms with Crippen molar-refractivity contribution in [2.75, 3.05) is 0 Å². The van der Waals surface area contributed by atoms with Crippen molar-refractivity contribution in [1.82, 2.24) is 0 Å². The molecule has 3 heteroatoms. The topological polar surface area (TPSA) is 37.3 Å². The number of carbonyl (C=O) groups excluding carboxylic acids is 1. The van der Waals surface area contributed by atoms with Gasteiger partial charge in [-0.3, -0.25) is 4.79 Å². The van der Waals surface area contributed by atoms with E-state index in [-0.39, 0.29) is 23.4 Å². The average Bonchev–Trinajstić information content (AvgIpc) is 2.84. The largest absolute Gasteiger partial charge is 0.508 e. The maximum Gasteiger partial charge on any atom is 0.159 e. The van der Waals surface area contributed by atoms with Gasteiger partial charge in [0.1, 0.15) is 11.6 Å². The maximum absolute atomic E-state index is 13.8. The van der Waals surface area contributed by atoms with Crippen LogP contribution in [0.4, 0.5) is 4.39 Å². The molecule has 0 amide bonds. The molecule has 1 aromatic carbocycles. The molecule has 0 bridgehead atoms. The van der Waals surface area contributed by atoms with Crippen LogP contribution < -0.4 is 0 Å². The number of aromatic hydroxyl groups is 1. The zero-order chi connectivity index (χ0) is 12.0. The van der Waals surface area contributed by atoms with Crippen molar-refractivity contribution in [1.29, 1.82) is 0 Å². The lowest BCUT2D eigenvalue weighted by molar-refractivity contribution is -0.117. The van der Waals surface area contributed by atoms with Crippen LogP contribution in [0, 0.1) is 17.7 Å². The molecular formula is C14H13FO2. The molecule has 1 saturated carbocycles. The summed E-state index contributed by atoms with van der Waals surface area (Å²) in [6, 6.07) is 4.12. The summed E-state index contributed by atoms with van der Waals surface area (Å²) in [6.07, 6.45) is 4.51. The van der Waals surface area contributed by atoms with Gasteiger partial charge in [0.05, 0.1) is 0 Å². The van der Waals surface area contributed by atoms with Gasteiger partial charge in [-0.25, -0.2) is 4.39 Å². The Hall–Kier alpha value is -1.64. The predicted octanol–water partition coefficient (Wildman–Crippen LogP) is 2.91. The van der Waals surface area contributed by atoms with E-state index in [0.717, 1.165) is 30.9 Å². The summed E-state index contributed by atoms with van der Waals surface area (Å²) in [7, 11) is 0. The van der Waals surface area contributed by atoms with Crippen LogP contribution in [0.2, 0.25) is 0 Å². The number of phenolic OH excluding ortho intramolecular Hbond substituents is 1. The van der Waals surface area contributed by atoms with E-state index in [1.165, 1.54) is 6.07 Å². The molecule has 0 radical (unpaired) electrons. The first-order valence-electron chi connectivity index (χ1n) is 5.91. The van der Waals surface area contributed by atoms with Gasteiger partial charge in [-0.2, -0.15) is 0 Å². The monoisotopic (exact) mass is 232 g/mol. The molecule has 2 atom stereocenters. The quantitative estimate of drug-likeness (QED) is 0.808. The van der Waals surface area contributed by atoms with Crippen LogP contribution in [-0.2, 0) is 4.79 Å². The minimum atomic E-state index is -0.448. The van der Waals surface area contributed by atoms with Crippen LogP contribution in [0.25, 0.3) is 5.57 Å². The van der Waals surface area contributed by atoms with Crippen LogP contribution in [-0.4, -0.2) is 10.9 Å². The minimum Gasteiger partial charge on any atom is -0.508 e. The summed E-state index contributed by atoms with van der Waals surface area (Å²) < 4.78 is 13.8. The lowest BCUT2D eigenvalue weighted by Gasteiger charge is -2.14. The summed E-state index contributed by atoms with van der Waals surface area (Å²) in [5.74, 6) is -0.148. The van der Waals surface area contributed by atoms with E-state index in [1.54, 1.807) is 12.1 Å². The second-order valence-electron chi connectivity index (χ2n) is 4.81. The molecule has 3 rings (SSSR count). The number of allylic oxidation sites excluding steroid dienone is 2. The third-order valence-corrected chi connectivity index (χ3v) is 3.84. The highest BCUT2D eigenvalue weighted by molar-refractivity contribution is 6.04. The minimum absolute atomic E-state index is 0.0678. The first-order chi connectivity index (χ1) is 8.16. The smallest absolute Gasteiger partial charge is 0.159 e. The first kappa shape index (κ1) is 10.5. The Morgan fingerprint density at radius 3 is 2.76 bits per heavy atom. The molecule has 17 heavy (non-hydrogen) atoms. The van der Waals surface area contributed by atoms with E-state index < -0.39 is 5.82 Å². The molecule has 2 aliphatic carbocycles. The van der Waals surface area contributed by atoms with Gasteiger partial charge in [0.15, 0.2) is 5.78 Å². The van der Waals surface area contributed by atoms with Crippen LogP contribution in [0.3, 0.4) is 0 Å². The summed E-state index contributed by atoms with van der Waals surface area (Å²) in [5.41, 5.74) is 1.28. The number of hydrogen-bond donors (Lipinski definition) is 1. The second-order valence-corrected chi connectivity index (χ2v) is 4.81. The molecule has 0 aliphatic heterocycles. The van der Waals surface area contributed by atoms with Gasteiger partial charge in [0.25, 0.3) is 0 Å². The van der Waals surface area contributed by atoms with Crippen LogP contribution in [0.15, 0.2) is 24.3 Å². The van der Waals surface area contributed by atoms with Crippen molar-refractivity contribution < 1.29 is 14.3 Å². The highest BCUT2D eigenvalue weighted by atomic mass is 19.1. The van der Waals surface area contributed by atoms with Gasteiger partial charge in [-0.15, -0.1) is 0 Å². The van der Waals surface area contributed by atoms with Crippen LogP contribution in [0.1, 0.15) is 24.8 Å². The molecular weight excluding hydrogens is 219 g/mol. The molecule has 0 aromatic heterocycles. The molecule has 2 unspecified atom stereocenters. The third kappa shape index (κ3) is 1.57. The van der Waals surface area contributed by atoms with Crippen molar-refractivity contribution in [3.63, 3.8) is 0 Å². The van der Waals surface area contributed by atoms with Crippen molar-refractivity contribution in [2.24, 2.45) is 11.8 Å². The third-order valence-electron chi connectivity index (χ3n) is 3.84. The van der Waals surface area contributed by atoms with Gasteiger partial charge >= 0.3 is 0 Å².